The Morgan fingerprint density at radius 3 is 2.84 bits per heavy atom. The van der Waals surface area contributed by atoms with Gasteiger partial charge in [-0.15, -0.1) is 21.5 Å². The van der Waals surface area contributed by atoms with Crippen molar-refractivity contribution in [1.82, 2.24) is 15.5 Å². The average molecular weight is 332 g/mol. The van der Waals surface area contributed by atoms with E-state index in [1.54, 1.807) is 34.4 Å². The standard InChI is InChI=1S/C11H13N3OS4/c1-2-16-10-13-14-11(19-10)18-7-9(15)12-6-8-4-3-5-17-8/h3-5H,2,6-7H2,1H3,(H,12,15). The van der Waals surface area contributed by atoms with Gasteiger partial charge in [-0.1, -0.05) is 47.9 Å². The summed E-state index contributed by atoms with van der Waals surface area (Å²) in [5.41, 5.74) is 0. The number of hydrogen-bond acceptors (Lipinski definition) is 7. The SMILES string of the molecule is CCSc1nnc(SCC(=O)NCc2cccs2)s1. The van der Waals surface area contributed by atoms with Gasteiger partial charge in [-0.25, -0.2) is 0 Å². The second kappa shape index (κ2) is 7.88. The predicted molar refractivity (Wildman–Crippen MR) is 83.2 cm³/mol. The van der Waals surface area contributed by atoms with Gasteiger partial charge in [-0.05, 0) is 17.2 Å². The molecule has 0 radical (unpaired) electrons. The van der Waals surface area contributed by atoms with Crippen molar-refractivity contribution in [2.75, 3.05) is 11.5 Å². The fourth-order valence-electron chi connectivity index (χ4n) is 1.21. The number of nitrogens with one attached hydrogen (secondary N) is 1. The highest BCUT2D eigenvalue weighted by Crippen LogP contribution is 2.28. The van der Waals surface area contributed by atoms with Gasteiger partial charge >= 0.3 is 0 Å². The molecule has 4 nitrogen and oxygen atoms in total. The zero-order chi connectivity index (χ0) is 13.5. The van der Waals surface area contributed by atoms with Crippen LogP contribution in [0.25, 0.3) is 0 Å². The van der Waals surface area contributed by atoms with Gasteiger partial charge in [0, 0.05) is 4.88 Å². The lowest BCUT2D eigenvalue weighted by atomic mass is 10.4. The maximum absolute atomic E-state index is 11.7. The highest BCUT2D eigenvalue weighted by Gasteiger charge is 2.08. The Morgan fingerprint density at radius 2 is 2.16 bits per heavy atom. The monoisotopic (exact) mass is 331 g/mol. The summed E-state index contributed by atoms with van der Waals surface area (Å²) in [7, 11) is 0. The molecule has 0 aliphatic rings. The minimum atomic E-state index is 0.0262. The van der Waals surface area contributed by atoms with Crippen molar-refractivity contribution in [3.63, 3.8) is 0 Å². The van der Waals surface area contributed by atoms with Crippen LogP contribution in [-0.2, 0) is 11.3 Å². The molecule has 0 aromatic carbocycles. The molecule has 2 rings (SSSR count). The molecule has 0 spiro atoms. The van der Waals surface area contributed by atoms with E-state index in [4.69, 9.17) is 0 Å². The van der Waals surface area contributed by atoms with E-state index in [-0.39, 0.29) is 5.91 Å². The topological polar surface area (TPSA) is 54.9 Å². The van der Waals surface area contributed by atoms with Crippen LogP contribution in [0.3, 0.4) is 0 Å². The molecule has 19 heavy (non-hydrogen) atoms. The smallest absolute Gasteiger partial charge is 0.230 e. The first-order chi connectivity index (χ1) is 9.28. The maximum atomic E-state index is 11.7. The average Bonchev–Trinajstić information content (AvgIpc) is 3.05. The first kappa shape index (κ1) is 14.8. The Hall–Kier alpha value is -0.570. The number of carbonyl (C=O) groups excluding carboxylic acids is 1. The van der Waals surface area contributed by atoms with Crippen molar-refractivity contribution in [1.29, 1.82) is 0 Å². The van der Waals surface area contributed by atoms with E-state index in [0.717, 1.165) is 19.3 Å². The Morgan fingerprint density at radius 1 is 1.37 bits per heavy atom. The maximum Gasteiger partial charge on any atom is 0.230 e. The predicted octanol–water partition coefficient (Wildman–Crippen LogP) is 3.12. The van der Waals surface area contributed by atoms with E-state index in [0.29, 0.717) is 12.3 Å². The molecule has 2 heterocycles. The number of amides is 1. The zero-order valence-corrected chi connectivity index (χ0v) is 13.6. The van der Waals surface area contributed by atoms with E-state index in [1.807, 2.05) is 17.5 Å². The van der Waals surface area contributed by atoms with Crippen molar-refractivity contribution in [2.24, 2.45) is 0 Å². The van der Waals surface area contributed by atoms with E-state index in [2.05, 4.69) is 22.4 Å². The van der Waals surface area contributed by atoms with Crippen LogP contribution in [0.2, 0.25) is 0 Å². The van der Waals surface area contributed by atoms with E-state index in [1.165, 1.54) is 11.8 Å². The van der Waals surface area contributed by atoms with Crippen molar-refractivity contribution in [2.45, 2.75) is 22.1 Å². The zero-order valence-electron chi connectivity index (χ0n) is 10.3. The van der Waals surface area contributed by atoms with E-state index < -0.39 is 0 Å². The number of rotatable bonds is 7. The van der Waals surface area contributed by atoms with Crippen LogP contribution in [-0.4, -0.2) is 27.6 Å². The Kier molecular flexibility index (Phi) is 6.15. The van der Waals surface area contributed by atoms with Gasteiger partial charge in [0.05, 0.1) is 12.3 Å². The third-order valence-corrected chi connectivity index (χ3v) is 5.97. The molecule has 2 aromatic heterocycles. The van der Waals surface area contributed by atoms with Crippen molar-refractivity contribution >= 4 is 52.1 Å². The lowest BCUT2D eigenvalue weighted by molar-refractivity contribution is -0.118. The molecule has 0 saturated heterocycles. The third-order valence-electron chi connectivity index (χ3n) is 2.02. The molecule has 0 unspecified atom stereocenters. The number of aromatic nitrogens is 2. The summed E-state index contributed by atoms with van der Waals surface area (Å²) in [4.78, 5) is 12.8. The van der Waals surface area contributed by atoms with Gasteiger partial charge in [-0.3, -0.25) is 4.79 Å². The molecule has 0 aliphatic carbocycles. The second-order valence-corrected chi connectivity index (χ2v) is 8.16. The van der Waals surface area contributed by atoms with Gasteiger partial charge in [0.1, 0.15) is 0 Å². The van der Waals surface area contributed by atoms with Crippen LogP contribution in [0, 0.1) is 0 Å². The lowest BCUT2D eigenvalue weighted by Crippen LogP contribution is -2.24. The van der Waals surface area contributed by atoms with Gasteiger partial charge in [0.2, 0.25) is 5.91 Å². The molecule has 0 aliphatic heterocycles. The summed E-state index contributed by atoms with van der Waals surface area (Å²) >= 11 is 6.29. The number of carbonyl (C=O) groups is 1. The molecule has 1 amide bonds. The van der Waals surface area contributed by atoms with Crippen molar-refractivity contribution in [3.8, 4) is 0 Å². The van der Waals surface area contributed by atoms with Gasteiger partial charge in [0.25, 0.3) is 0 Å². The van der Waals surface area contributed by atoms with Crippen molar-refractivity contribution in [3.05, 3.63) is 22.4 Å². The number of nitrogens with zero attached hydrogens (tertiary/aromatic N) is 2. The first-order valence-corrected chi connectivity index (χ1v) is 9.33. The number of thiophene rings is 1. The summed E-state index contributed by atoms with van der Waals surface area (Å²) in [6, 6.07) is 3.99. The molecule has 0 bridgehead atoms. The minimum Gasteiger partial charge on any atom is -0.350 e. The van der Waals surface area contributed by atoms with Gasteiger partial charge < -0.3 is 5.32 Å². The molecule has 0 fully saturated rings. The molecule has 0 saturated carbocycles. The molecule has 8 heteroatoms. The third kappa shape index (κ3) is 5.13. The summed E-state index contributed by atoms with van der Waals surface area (Å²) < 4.78 is 1.81. The molecule has 102 valence electrons. The van der Waals surface area contributed by atoms with E-state index in [9.17, 15) is 4.79 Å². The number of thioether (sulfide) groups is 2. The molecule has 2 aromatic rings. The van der Waals surface area contributed by atoms with E-state index >= 15 is 0 Å². The largest absolute Gasteiger partial charge is 0.350 e. The van der Waals surface area contributed by atoms with Crippen LogP contribution >= 0.6 is 46.2 Å². The van der Waals surface area contributed by atoms with Crippen LogP contribution in [0.5, 0.6) is 0 Å². The highest BCUT2D eigenvalue weighted by molar-refractivity contribution is 8.03. The molecular weight excluding hydrogens is 318 g/mol. The van der Waals surface area contributed by atoms with Crippen LogP contribution in [0.1, 0.15) is 11.8 Å². The molecule has 1 N–H and O–H groups in total. The Balaban J connectivity index is 1.70. The first-order valence-electron chi connectivity index (χ1n) is 5.66. The summed E-state index contributed by atoms with van der Waals surface area (Å²) in [5.74, 6) is 1.40. The molecular formula is C11H13N3OS4. The van der Waals surface area contributed by atoms with Crippen LogP contribution in [0.15, 0.2) is 26.2 Å². The van der Waals surface area contributed by atoms with Crippen LogP contribution in [0.4, 0.5) is 0 Å². The van der Waals surface area contributed by atoms with Crippen LogP contribution < -0.4 is 5.32 Å². The second-order valence-electron chi connectivity index (χ2n) is 3.41. The fraction of sp³-hybridized carbons (Fsp3) is 0.364. The van der Waals surface area contributed by atoms with Gasteiger partial charge in [-0.2, -0.15) is 0 Å². The van der Waals surface area contributed by atoms with Crippen molar-refractivity contribution < 1.29 is 4.79 Å². The molecule has 0 atom stereocenters. The lowest BCUT2D eigenvalue weighted by Gasteiger charge is -2.01. The highest BCUT2D eigenvalue weighted by atomic mass is 32.2. The minimum absolute atomic E-state index is 0.0262. The quantitative estimate of drug-likeness (QED) is 0.790. The van der Waals surface area contributed by atoms with Gasteiger partial charge in [0.15, 0.2) is 8.68 Å². The number of hydrogen-bond donors (Lipinski definition) is 1. The summed E-state index contributed by atoms with van der Waals surface area (Å²) in [5, 5.41) is 13.0. The summed E-state index contributed by atoms with van der Waals surface area (Å²) in [6.07, 6.45) is 0. The summed E-state index contributed by atoms with van der Waals surface area (Å²) in [6.45, 7) is 2.68. The fourth-order valence-corrected chi connectivity index (χ4v) is 4.61. The Labute approximate surface area is 128 Å². The Bertz CT molecular complexity index is 512. The normalized spacial score (nSPS) is 10.6.